The van der Waals surface area contributed by atoms with E-state index in [2.05, 4.69) is 26.7 Å². The van der Waals surface area contributed by atoms with Gasteiger partial charge in [0.2, 0.25) is 0 Å². The van der Waals surface area contributed by atoms with Crippen molar-refractivity contribution in [2.24, 2.45) is 0 Å². The van der Waals surface area contributed by atoms with Gasteiger partial charge in [-0.1, -0.05) is 0 Å². The second-order valence-electron chi connectivity index (χ2n) is 8.79. The number of piperidine rings is 1. The highest BCUT2D eigenvalue weighted by molar-refractivity contribution is 7.08. The second-order valence-corrected chi connectivity index (χ2v) is 9.57. The largest absolute Gasteiger partial charge is 0.490 e. The maximum absolute atomic E-state index is 13.4. The highest BCUT2D eigenvalue weighted by Crippen LogP contribution is 2.39. The Balaban J connectivity index is 0.000000384. The Morgan fingerprint density at radius 1 is 1.08 bits per heavy atom. The van der Waals surface area contributed by atoms with Gasteiger partial charge >= 0.3 is 12.1 Å². The lowest BCUT2D eigenvalue weighted by Gasteiger charge is -2.48. The van der Waals surface area contributed by atoms with Crippen LogP contribution in [0.3, 0.4) is 0 Å². The molecule has 4 heterocycles. The fourth-order valence-electron chi connectivity index (χ4n) is 4.65. The van der Waals surface area contributed by atoms with Gasteiger partial charge in [-0.2, -0.15) is 24.5 Å². The third-order valence-electron chi connectivity index (χ3n) is 6.27. The van der Waals surface area contributed by atoms with E-state index in [0.29, 0.717) is 13.1 Å². The summed E-state index contributed by atoms with van der Waals surface area (Å²) in [5.74, 6) is -1.20. The van der Waals surface area contributed by atoms with Crippen LogP contribution in [0.1, 0.15) is 29.0 Å². The topological polar surface area (TPSA) is 91.6 Å². The predicted octanol–water partition coefficient (Wildman–Crippen LogP) is 3.86. The first-order valence-electron chi connectivity index (χ1n) is 11.0. The van der Waals surface area contributed by atoms with Gasteiger partial charge in [-0.15, -0.1) is 10.2 Å². The average Bonchev–Trinajstić information content (AvgIpc) is 3.50. The fraction of sp³-hybridized carbons (Fsp3) is 0.391. The van der Waals surface area contributed by atoms with Crippen molar-refractivity contribution in [1.29, 1.82) is 0 Å². The number of carboxylic acids is 1. The van der Waals surface area contributed by atoms with E-state index < -0.39 is 12.1 Å². The Morgan fingerprint density at radius 3 is 2.28 bits per heavy atom. The van der Waals surface area contributed by atoms with Gasteiger partial charge < -0.3 is 14.6 Å². The molecule has 0 radical (unpaired) electrons. The number of carbonyl (C=O) groups is 2. The summed E-state index contributed by atoms with van der Waals surface area (Å²) in [5.41, 5.74) is 1.47. The number of alkyl halides is 3. The van der Waals surface area contributed by atoms with Crippen molar-refractivity contribution in [2.75, 3.05) is 26.7 Å². The molecule has 0 saturated carbocycles. The Bertz CT molecular complexity index is 1220. The number of carboxylic acid groups (broad SMARTS) is 1. The van der Waals surface area contributed by atoms with Crippen LogP contribution in [0.2, 0.25) is 0 Å². The number of fused-ring (bicyclic) bond motifs is 2. The van der Waals surface area contributed by atoms with Gasteiger partial charge in [0.15, 0.2) is 5.82 Å². The summed E-state index contributed by atoms with van der Waals surface area (Å²) in [5, 5.41) is 19.9. The van der Waals surface area contributed by atoms with Crippen LogP contribution in [-0.4, -0.2) is 74.4 Å². The molecule has 2 aromatic heterocycles. The standard InChI is InChI=1S/C21H22FN5OS.C2HF3O2/c1-25-12-18-23-24-19(15-2-4-17(22)5-3-15)27(18)21(14-25)7-9-26(10-8-21)20(28)16-6-11-29-13-16;3-2(4,5)1(6)7/h2-6,11,13H,7-10,12,14H2,1H3;(H,6,7). The zero-order valence-corrected chi connectivity index (χ0v) is 20.0. The molecule has 1 N–H and O–H groups in total. The number of likely N-dealkylation sites (N-methyl/N-ethyl adjacent to an activating group) is 1. The summed E-state index contributed by atoms with van der Waals surface area (Å²) >= 11 is 1.54. The zero-order valence-electron chi connectivity index (χ0n) is 19.2. The van der Waals surface area contributed by atoms with Crippen LogP contribution >= 0.6 is 11.3 Å². The Kier molecular flexibility index (Phi) is 7.14. The van der Waals surface area contributed by atoms with E-state index in [9.17, 15) is 22.4 Å². The van der Waals surface area contributed by atoms with Crippen molar-refractivity contribution in [3.63, 3.8) is 0 Å². The van der Waals surface area contributed by atoms with Crippen molar-refractivity contribution in [1.82, 2.24) is 24.6 Å². The van der Waals surface area contributed by atoms with Gasteiger partial charge in [-0.25, -0.2) is 9.18 Å². The monoisotopic (exact) mass is 525 g/mol. The molecule has 0 unspecified atom stereocenters. The number of halogens is 4. The lowest BCUT2D eigenvalue weighted by molar-refractivity contribution is -0.192. The lowest BCUT2D eigenvalue weighted by atomic mass is 9.84. The number of carbonyl (C=O) groups excluding carboxylic acids is 1. The number of rotatable bonds is 2. The summed E-state index contributed by atoms with van der Waals surface area (Å²) in [4.78, 5) is 25.9. The maximum Gasteiger partial charge on any atom is 0.490 e. The number of aliphatic carboxylic acids is 1. The molecule has 1 fully saturated rings. The molecule has 0 aliphatic carbocycles. The number of benzene rings is 1. The molecule has 3 aromatic rings. The van der Waals surface area contributed by atoms with E-state index in [1.54, 1.807) is 23.5 Å². The third kappa shape index (κ3) is 5.26. The zero-order chi connectivity index (χ0) is 26.1. The lowest BCUT2D eigenvalue weighted by Crippen LogP contribution is -2.56. The van der Waals surface area contributed by atoms with Gasteiger partial charge in [-0.3, -0.25) is 9.69 Å². The summed E-state index contributed by atoms with van der Waals surface area (Å²) in [6.07, 6.45) is -3.40. The van der Waals surface area contributed by atoms with E-state index in [4.69, 9.17) is 9.90 Å². The molecule has 0 atom stereocenters. The number of thiophene rings is 1. The van der Waals surface area contributed by atoms with E-state index in [1.807, 2.05) is 21.7 Å². The van der Waals surface area contributed by atoms with Crippen molar-refractivity contribution >= 4 is 23.2 Å². The molecule has 1 amide bonds. The van der Waals surface area contributed by atoms with Crippen molar-refractivity contribution < 1.29 is 32.3 Å². The van der Waals surface area contributed by atoms with Gasteiger partial charge in [0.25, 0.3) is 5.91 Å². The molecule has 1 spiro atoms. The quantitative estimate of drug-likeness (QED) is 0.511. The summed E-state index contributed by atoms with van der Waals surface area (Å²) in [6.45, 7) is 3.01. The normalized spacial score (nSPS) is 17.3. The molecule has 192 valence electrons. The van der Waals surface area contributed by atoms with E-state index in [1.165, 1.54) is 12.1 Å². The van der Waals surface area contributed by atoms with Crippen molar-refractivity contribution in [3.05, 3.63) is 58.3 Å². The van der Waals surface area contributed by atoms with Crippen molar-refractivity contribution in [2.45, 2.75) is 31.1 Å². The SMILES string of the molecule is CN1Cc2nnc(-c3ccc(F)cc3)n2C2(CCN(C(=O)c3ccsc3)CC2)C1.O=C(O)C(F)(F)F. The first kappa shape index (κ1) is 25.8. The Hall–Kier alpha value is -3.32. The molecule has 36 heavy (non-hydrogen) atoms. The molecule has 8 nitrogen and oxygen atoms in total. The Labute approximate surface area is 207 Å². The Morgan fingerprint density at radius 2 is 1.72 bits per heavy atom. The van der Waals surface area contributed by atoms with Gasteiger partial charge in [0.1, 0.15) is 11.6 Å². The molecule has 13 heteroatoms. The van der Waals surface area contributed by atoms with Crippen LogP contribution in [0.15, 0.2) is 41.1 Å². The molecule has 1 aromatic carbocycles. The van der Waals surface area contributed by atoms with Crippen LogP contribution in [0.4, 0.5) is 17.6 Å². The fourth-order valence-corrected chi connectivity index (χ4v) is 5.28. The minimum atomic E-state index is -5.08. The molecule has 2 aliphatic rings. The number of aromatic nitrogens is 3. The highest BCUT2D eigenvalue weighted by Gasteiger charge is 2.44. The second kappa shape index (κ2) is 9.97. The van der Waals surface area contributed by atoms with E-state index >= 15 is 0 Å². The van der Waals surface area contributed by atoms with Crippen LogP contribution < -0.4 is 0 Å². The molecule has 1 saturated heterocycles. The third-order valence-corrected chi connectivity index (χ3v) is 6.96. The van der Waals surface area contributed by atoms with E-state index in [-0.39, 0.29) is 17.3 Å². The van der Waals surface area contributed by atoms with Gasteiger partial charge in [0, 0.05) is 30.6 Å². The van der Waals surface area contributed by atoms with E-state index in [0.717, 1.165) is 48.7 Å². The molecular formula is C23H23F4N5O3S. The van der Waals surface area contributed by atoms with Crippen LogP contribution in [0.5, 0.6) is 0 Å². The predicted molar refractivity (Wildman–Crippen MR) is 123 cm³/mol. The molecule has 0 bridgehead atoms. The summed E-state index contributed by atoms with van der Waals surface area (Å²) < 4.78 is 47.4. The minimum absolute atomic E-state index is 0.105. The average molecular weight is 526 g/mol. The molecular weight excluding hydrogens is 502 g/mol. The molecule has 5 rings (SSSR count). The summed E-state index contributed by atoms with van der Waals surface area (Å²) in [6, 6.07) is 8.32. The maximum atomic E-state index is 13.4. The number of amides is 1. The van der Waals surface area contributed by atoms with Crippen LogP contribution in [0, 0.1) is 5.82 Å². The first-order valence-corrected chi connectivity index (χ1v) is 12.0. The van der Waals surface area contributed by atoms with Crippen LogP contribution in [-0.2, 0) is 16.9 Å². The minimum Gasteiger partial charge on any atom is -0.475 e. The summed E-state index contributed by atoms with van der Waals surface area (Å²) in [7, 11) is 2.10. The highest BCUT2D eigenvalue weighted by atomic mass is 32.1. The number of hydrogen-bond donors (Lipinski definition) is 1. The first-order chi connectivity index (χ1) is 17.0. The van der Waals surface area contributed by atoms with Gasteiger partial charge in [0.05, 0.1) is 17.6 Å². The number of nitrogens with zero attached hydrogens (tertiary/aromatic N) is 5. The smallest absolute Gasteiger partial charge is 0.475 e. The van der Waals surface area contributed by atoms with Crippen LogP contribution in [0.25, 0.3) is 11.4 Å². The van der Waals surface area contributed by atoms with Gasteiger partial charge in [-0.05, 0) is 55.6 Å². The molecule has 2 aliphatic heterocycles. The van der Waals surface area contributed by atoms with Crippen molar-refractivity contribution in [3.8, 4) is 11.4 Å². The number of likely N-dealkylation sites (tertiary alicyclic amines) is 1. The number of hydrogen-bond acceptors (Lipinski definition) is 6.